The van der Waals surface area contributed by atoms with Crippen LogP contribution in [-0.4, -0.2) is 38.5 Å². The molecule has 0 radical (unpaired) electrons. The highest BCUT2D eigenvalue weighted by atomic mass is 32.2. The summed E-state index contributed by atoms with van der Waals surface area (Å²) in [5.41, 5.74) is 1.73. The highest BCUT2D eigenvalue weighted by Crippen LogP contribution is 2.43. The molecular weight excluding hydrogens is 352 g/mol. The maximum atomic E-state index is 12.7. The molecule has 7 nitrogen and oxygen atoms in total. The number of rotatable bonds is 4. The van der Waals surface area contributed by atoms with Gasteiger partial charge in [-0.15, -0.1) is 5.10 Å². The summed E-state index contributed by atoms with van der Waals surface area (Å²) in [6, 6.07) is 4.85. The number of allylic oxidation sites excluding steroid dienone is 2. The third kappa shape index (κ3) is 2.74. The molecular formula is C18H20N4O3S. The fourth-order valence-electron chi connectivity index (χ4n) is 3.56. The lowest BCUT2D eigenvalue weighted by Gasteiger charge is -2.36. The Morgan fingerprint density at radius 2 is 2.31 bits per heavy atom. The molecule has 1 aliphatic carbocycles. The van der Waals surface area contributed by atoms with Crippen LogP contribution >= 0.6 is 11.8 Å². The summed E-state index contributed by atoms with van der Waals surface area (Å²) in [6.45, 7) is 2.05. The van der Waals surface area contributed by atoms with Crippen molar-refractivity contribution < 1.29 is 14.6 Å². The number of anilines is 1. The van der Waals surface area contributed by atoms with Crippen LogP contribution in [0.25, 0.3) is 0 Å². The number of Topliss-reactive ketones (excluding diaryl/α,β-unsaturated/α-hetero) is 1. The van der Waals surface area contributed by atoms with Gasteiger partial charge < -0.3 is 15.2 Å². The monoisotopic (exact) mass is 372 g/mol. The zero-order valence-electron chi connectivity index (χ0n) is 14.6. The molecule has 1 aliphatic heterocycles. The number of fused-ring (bicyclic) bond motifs is 2. The summed E-state index contributed by atoms with van der Waals surface area (Å²) >= 11 is 1.56. The number of carbonyl (C=O) groups excluding carboxylic acids is 1. The number of ether oxygens (including phenoxy) is 1. The molecule has 0 spiro atoms. The summed E-state index contributed by atoms with van der Waals surface area (Å²) in [6.07, 6.45) is 3.32. The van der Waals surface area contributed by atoms with Crippen LogP contribution in [0.3, 0.4) is 0 Å². The highest BCUT2D eigenvalue weighted by molar-refractivity contribution is 7.99. The van der Waals surface area contributed by atoms with Crippen LogP contribution < -0.4 is 10.1 Å². The number of phenols is 1. The van der Waals surface area contributed by atoms with Gasteiger partial charge in [0.15, 0.2) is 11.5 Å². The number of phenolic OH excluding ortho intramolecular Hbond substituents is 1. The zero-order valence-corrected chi connectivity index (χ0v) is 15.4. The second kappa shape index (κ2) is 6.68. The van der Waals surface area contributed by atoms with E-state index in [2.05, 4.69) is 21.5 Å². The molecule has 0 amide bonds. The molecule has 2 aliphatic rings. The lowest BCUT2D eigenvalue weighted by Crippen LogP contribution is -2.38. The van der Waals surface area contributed by atoms with Crippen LogP contribution in [0.1, 0.15) is 31.4 Å². The quantitative estimate of drug-likeness (QED) is 0.798. The fourth-order valence-corrected chi connectivity index (χ4v) is 4.11. The normalized spacial score (nSPS) is 21.5. The number of benzene rings is 1. The topological polar surface area (TPSA) is 89.3 Å². The highest BCUT2D eigenvalue weighted by Gasteiger charge is 2.41. The molecule has 0 unspecified atom stereocenters. The Balaban J connectivity index is 1.87. The van der Waals surface area contributed by atoms with Crippen molar-refractivity contribution in [1.82, 2.24) is 14.8 Å². The minimum absolute atomic E-state index is 0.0666. The molecule has 0 bridgehead atoms. The summed E-state index contributed by atoms with van der Waals surface area (Å²) < 4.78 is 7.04. The molecule has 2 atom stereocenters. The van der Waals surface area contributed by atoms with Crippen molar-refractivity contribution in [3.05, 3.63) is 35.5 Å². The lowest BCUT2D eigenvalue weighted by molar-refractivity contribution is -0.123. The second-order valence-electron chi connectivity index (χ2n) is 6.24. The number of aromatic hydroxyl groups is 1. The lowest BCUT2D eigenvalue weighted by atomic mass is 9.81. The summed E-state index contributed by atoms with van der Waals surface area (Å²) in [7, 11) is 1.51. The van der Waals surface area contributed by atoms with Crippen molar-refractivity contribution >= 4 is 23.5 Å². The van der Waals surface area contributed by atoms with Gasteiger partial charge in [0.2, 0.25) is 11.1 Å². The van der Waals surface area contributed by atoms with Gasteiger partial charge in [0, 0.05) is 12.1 Å². The van der Waals surface area contributed by atoms with Crippen LogP contribution in [0, 0.1) is 5.92 Å². The van der Waals surface area contributed by atoms with Gasteiger partial charge in [-0.3, -0.25) is 4.79 Å². The molecule has 1 aromatic carbocycles. The molecule has 2 aromatic rings. The van der Waals surface area contributed by atoms with Crippen molar-refractivity contribution in [2.75, 3.05) is 18.2 Å². The van der Waals surface area contributed by atoms with Gasteiger partial charge in [0.25, 0.3) is 0 Å². The molecule has 136 valence electrons. The summed E-state index contributed by atoms with van der Waals surface area (Å²) in [5.74, 6) is 1.78. The maximum Gasteiger partial charge on any atom is 0.227 e. The summed E-state index contributed by atoms with van der Waals surface area (Å²) in [4.78, 5) is 17.3. The zero-order chi connectivity index (χ0) is 18.3. The van der Waals surface area contributed by atoms with Crippen molar-refractivity contribution in [1.29, 1.82) is 0 Å². The molecule has 2 N–H and O–H groups in total. The Hall–Kier alpha value is -2.48. The number of ketones is 1. The predicted octanol–water partition coefficient (Wildman–Crippen LogP) is 2.98. The number of carbonyl (C=O) groups is 1. The van der Waals surface area contributed by atoms with E-state index < -0.39 is 0 Å². The number of hydrogen-bond acceptors (Lipinski definition) is 7. The van der Waals surface area contributed by atoms with E-state index >= 15 is 0 Å². The Morgan fingerprint density at radius 1 is 1.46 bits per heavy atom. The van der Waals surface area contributed by atoms with Crippen molar-refractivity contribution in [2.45, 2.75) is 31.0 Å². The molecule has 4 rings (SSSR count). The van der Waals surface area contributed by atoms with Crippen molar-refractivity contribution in [3.8, 4) is 11.5 Å². The first-order chi connectivity index (χ1) is 12.6. The van der Waals surface area contributed by atoms with Gasteiger partial charge in [0.1, 0.15) is 5.78 Å². The van der Waals surface area contributed by atoms with E-state index in [9.17, 15) is 9.90 Å². The number of thioether (sulfide) groups is 1. The van der Waals surface area contributed by atoms with E-state index in [1.165, 1.54) is 7.11 Å². The third-order valence-electron chi connectivity index (χ3n) is 4.70. The first kappa shape index (κ1) is 17.0. The molecule has 2 heterocycles. The molecule has 0 saturated heterocycles. The molecule has 0 fully saturated rings. The average molecular weight is 372 g/mol. The molecule has 0 saturated carbocycles. The van der Waals surface area contributed by atoms with E-state index in [1.807, 2.05) is 13.0 Å². The Labute approximate surface area is 155 Å². The van der Waals surface area contributed by atoms with Crippen molar-refractivity contribution in [3.63, 3.8) is 0 Å². The van der Waals surface area contributed by atoms with E-state index in [-0.39, 0.29) is 23.5 Å². The van der Waals surface area contributed by atoms with Gasteiger partial charge in [-0.25, -0.2) is 4.68 Å². The van der Waals surface area contributed by atoms with Gasteiger partial charge in [0.05, 0.1) is 19.1 Å². The van der Waals surface area contributed by atoms with Gasteiger partial charge >= 0.3 is 0 Å². The Bertz CT molecular complexity index is 893. The number of hydrogen-bond donors (Lipinski definition) is 2. The summed E-state index contributed by atoms with van der Waals surface area (Å²) in [5, 5.41) is 18.5. The minimum Gasteiger partial charge on any atom is -0.504 e. The van der Waals surface area contributed by atoms with E-state index in [0.29, 0.717) is 23.3 Å². The molecule has 8 heteroatoms. The SMILES string of the molecule is CCSc1nc2n(n1)[C@H](c1ccc(O)c(OC)c1)[C@H]1C(=O)CCC=C1N2. The second-order valence-corrected chi connectivity index (χ2v) is 7.47. The molecule has 26 heavy (non-hydrogen) atoms. The first-order valence-electron chi connectivity index (χ1n) is 8.58. The third-order valence-corrected chi connectivity index (χ3v) is 5.42. The van der Waals surface area contributed by atoms with E-state index in [4.69, 9.17) is 4.74 Å². The number of methoxy groups -OCH3 is 1. The Morgan fingerprint density at radius 3 is 3.08 bits per heavy atom. The predicted molar refractivity (Wildman–Crippen MR) is 98.7 cm³/mol. The average Bonchev–Trinajstić information content (AvgIpc) is 3.03. The van der Waals surface area contributed by atoms with Crippen LogP contribution in [0.15, 0.2) is 35.1 Å². The number of nitrogens with one attached hydrogen (secondary N) is 1. The van der Waals surface area contributed by atoms with Gasteiger partial charge in [-0.2, -0.15) is 4.98 Å². The minimum atomic E-state index is -0.341. The van der Waals surface area contributed by atoms with Crippen LogP contribution in [0.5, 0.6) is 11.5 Å². The maximum absolute atomic E-state index is 12.7. The number of nitrogens with zero attached hydrogens (tertiary/aromatic N) is 3. The first-order valence-corrected chi connectivity index (χ1v) is 9.57. The van der Waals surface area contributed by atoms with Crippen LogP contribution in [-0.2, 0) is 4.79 Å². The van der Waals surface area contributed by atoms with E-state index in [1.54, 1.807) is 28.6 Å². The van der Waals surface area contributed by atoms with Crippen LogP contribution in [0.2, 0.25) is 0 Å². The van der Waals surface area contributed by atoms with Crippen molar-refractivity contribution in [2.24, 2.45) is 5.92 Å². The Kier molecular flexibility index (Phi) is 4.36. The standard InChI is InChI=1S/C18H20N4O3S/c1-3-26-18-20-17-19-11-5-4-6-13(24)15(11)16(22(17)21-18)10-7-8-12(23)14(9-10)25-2/h5,7-9,15-16,23H,3-4,6H2,1-2H3,(H,19,20,21)/t15-,16-/m1/s1. The number of aromatic nitrogens is 3. The van der Waals surface area contributed by atoms with Gasteiger partial charge in [-0.05, 0) is 29.9 Å². The molecule has 1 aromatic heterocycles. The fraction of sp³-hybridized carbons (Fsp3) is 0.389. The van der Waals surface area contributed by atoms with Crippen LogP contribution in [0.4, 0.5) is 5.95 Å². The smallest absolute Gasteiger partial charge is 0.227 e. The van der Waals surface area contributed by atoms with Gasteiger partial charge in [-0.1, -0.05) is 30.8 Å². The largest absolute Gasteiger partial charge is 0.504 e. The van der Waals surface area contributed by atoms with E-state index in [0.717, 1.165) is 23.4 Å².